The van der Waals surface area contributed by atoms with E-state index in [2.05, 4.69) is 15.6 Å². The molecule has 3 aromatic rings. The number of hydrogen-bond donors (Lipinski definition) is 2. The van der Waals surface area contributed by atoms with Gasteiger partial charge in [-0.1, -0.05) is 49.2 Å². The van der Waals surface area contributed by atoms with Gasteiger partial charge in [0.1, 0.15) is 0 Å². The summed E-state index contributed by atoms with van der Waals surface area (Å²) < 4.78 is 0. The molecule has 0 radical (unpaired) electrons. The van der Waals surface area contributed by atoms with Crippen molar-refractivity contribution in [1.29, 1.82) is 0 Å². The van der Waals surface area contributed by atoms with Crippen LogP contribution in [-0.2, 0) is 9.59 Å². The third-order valence-corrected chi connectivity index (χ3v) is 6.17. The maximum Gasteiger partial charge on any atom is 0.251 e. The zero-order valence-electron chi connectivity index (χ0n) is 19.2. The molecule has 7 nitrogen and oxygen atoms in total. The summed E-state index contributed by atoms with van der Waals surface area (Å²) in [7, 11) is 0. The van der Waals surface area contributed by atoms with E-state index < -0.39 is 0 Å². The fourth-order valence-corrected chi connectivity index (χ4v) is 4.35. The molecule has 1 aromatic heterocycles. The molecule has 1 atom stereocenters. The van der Waals surface area contributed by atoms with Gasteiger partial charge in [-0.3, -0.25) is 19.4 Å². The minimum absolute atomic E-state index is 0.0673. The Hall–Kier alpha value is -3.74. The number of rotatable bonds is 4. The SMILES string of the molecule is O=C1CC(c2ccccc2)N(C(=O)CNC(=O)c2ccc3ncccc3c2)CCCCCCN1. The molecule has 1 fully saturated rings. The first-order valence-electron chi connectivity index (χ1n) is 11.9. The number of nitrogens with one attached hydrogen (secondary N) is 2. The van der Waals surface area contributed by atoms with Gasteiger partial charge in [0.15, 0.2) is 0 Å². The van der Waals surface area contributed by atoms with E-state index in [9.17, 15) is 14.4 Å². The first-order chi connectivity index (χ1) is 16.6. The summed E-state index contributed by atoms with van der Waals surface area (Å²) in [6.07, 6.45) is 5.69. The Morgan fingerprint density at radius 3 is 2.68 bits per heavy atom. The second kappa shape index (κ2) is 11.4. The van der Waals surface area contributed by atoms with Crippen LogP contribution in [0, 0.1) is 0 Å². The lowest BCUT2D eigenvalue weighted by molar-refractivity contribution is -0.134. The zero-order valence-corrected chi connectivity index (χ0v) is 19.2. The highest BCUT2D eigenvalue weighted by atomic mass is 16.2. The monoisotopic (exact) mass is 458 g/mol. The van der Waals surface area contributed by atoms with Crippen molar-refractivity contribution in [3.8, 4) is 0 Å². The second-order valence-electron chi connectivity index (χ2n) is 8.58. The Morgan fingerprint density at radius 1 is 1.00 bits per heavy atom. The van der Waals surface area contributed by atoms with E-state index in [1.54, 1.807) is 29.3 Å². The summed E-state index contributed by atoms with van der Waals surface area (Å²) in [5.74, 6) is -0.579. The van der Waals surface area contributed by atoms with Crippen LogP contribution in [-0.4, -0.2) is 47.2 Å². The van der Waals surface area contributed by atoms with Gasteiger partial charge in [-0.05, 0) is 42.7 Å². The quantitative estimate of drug-likeness (QED) is 0.625. The number of pyridine rings is 1. The van der Waals surface area contributed by atoms with Crippen molar-refractivity contribution in [2.24, 2.45) is 0 Å². The van der Waals surface area contributed by atoms with E-state index in [1.165, 1.54) is 0 Å². The normalized spacial score (nSPS) is 17.5. The average Bonchev–Trinajstić information content (AvgIpc) is 2.91. The van der Waals surface area contributed by atoms with Gasteiger partial charge in [-0.25, -0.2) is 0 Å². The molecule has 1 unspecified atom stereocenters. The van der Waals surface area contributed by atoms with E-state index in [0.717, 1.165) is 42.1 Å². The smallest absolute Gasteiger partial charge is 0.251 e. The van der Waals surface area contributed by atoms with E-state index in [4.69, 9.17) is 0 Å². The van der Waals surface area contributed by atoms with E-state index >= 15 is 0 Å². The molecule has 4 rings (SSSR count). The van der Waals surface area contributed by atoms with Gasteiger partial charge in [-0.2, -0.15) is 0 Å². The molecule has 1 aliphatic heterocycles. The molecule has 0 bridgehead atoms. The Labute approximate surface area is 199 Å². The van der Waals surface area contributed by atoms with Crippen molar-refractivity contribution in [3.05, 3.63) is 78.0 Å². The van der Waals surface area contributed by atoms with Gasteiger partial charge >= 0.3 is 0 Å². The minimum Gasteiger partial charge on any atom is -0.356 e. The van der Waals surface area contributed by atoms with Crippen LogP contribution in [0.1, 0.15) is 54.1 Å². The summed E-state index contributed by atoms with van der Waals surface area (Å²) >= 11 is 0. The van der Waals surface area contributed by atoms with E-state index in [-0.39, 0.29) is 36.7 Å². The molecule has 0 saturated carbocycles. The van der Waals surface area contributed by atoms with Crippen LogP contribution in [0.15, 0.2) is 66.9 Å². The van der Waals surface area contributed by atoms with Crippen LogP contribution < -0.4 is 10.6 Å². The maximum atomic E-state index is 13.4. The average molecular weight is 459 g/mol. The summed E-state index contributed by atoms with van der Waals surface area (Å²) in [5.41, 5.74) is 2.20. The van der Waals surface area contributed by atoms with Gasteiger partial charge < -0.3 is 15.5 Å². The first-order valence-corrected chi connectivity index (χ1v) is 11.9. The molecule has 176 valence electrons. The lowest BCUT2D eigenvalue weighted by Crippen LogP contribution is -2.44. The van der Waals surface area contributed by atoms with Crippen molar-refractivity contribution >= 4 is 28.6 Å². The van der Waals surface area contributed by atoms with Crippen molar-refractivity contribution in [1.82, 2.24) is 20.5 Å². The molecule has 1 saturated heterocycles. The molecule has 2 N–H and O–H groups in total. The summed E-state index contributed by atoms with van der Waals surface area (Å²) in [4.78, 5) is 44.8. The fraction of sp³-hybridized carbons (Fsp3) is 0.333. The summed E-state index contributed by atoms with van der Waals surface area (Å²) in [6, 6.07) is 18.2. The number of carbonyl (C=O) groups is 3. The molecule has 34 heavy (non-hydrogen) atoms. The Morgan fingerprint density at radius 2 is 1.82 bits per heavy atom. The number of hydrogen-bond acceptors (Lipinski definition) is 4. The molecular formula is C27H30N4O3. The molecular weight excluding hydrogens is 428 g/mol. The van der Waals surface area contributed by atoms with Gasteiger partial charge in [-0.15, -0.1) is 0 Å². The second-order valence-corrected chi connectivity index (χ2v) is 8.58. The fourth-order valence-electron chi connectivity index (χ4n) is 4.35. The van der Waals surface area contributed by atoms with Crippen LogP contribution in [0.5, 0.6) is 0 Å². The predicted molar refractivity (Wildman–Crippen MR) is 131 cm³/mol. The molecule has 3 amide bonds. The van der Waals surface area contributed by atoms with E-state index in [0.29, 0.717) is 18.7 Å². The highest BCUT2D eigenvalue weighted by Gasteiger charge is 2.27. The van der Waals surface area contributed by atoms with Crippen LogP contribution in [0.2, 0.25) is 0 Å². The highest BCUT2D eigenvalue weighted by Crippen LogP contribution is 2.26. The Balaban J connectivity index is 1.50. The highest BCUT2D eigenvalue weighted by molar-refractivity contribution is 5.99. The number of benzene rings is 2. The third-order valence-electron chi connectivity index (χ3n) is 6.17. The molecule has 7 heteroatoms. The predicted octanol–water partition coefficient (Wildman–Crippen LogP) is 3.61. The standard InChI is InChI=1S/C27H30N4O3/c32-25-18-24(20-9-4-3-5-10-20)31(16-7-2-1-6-14-29-25)26(33)19-30-27(34)22-12-13-23-21(17-22)11-8-15-28-23/h3-5,8-13,15,17,24H,1-2,6-7,14,16,18-19H2,(H,29,32)(H,30,34). The van der Waals surface area contributed by atoms with E-state index in [1.807, 2.05) is 42.5 Å². The zero-order chi connectivity index (χ0) is 23.8. The number of amides is 3. The van der Waals surface area contributed by atoms with Crippen LogP contribution in [0.4, 0.5) is 0 Å². The summed E-state index contributed by atoms with van der Waals surface area (Å²) in [6.45, 7) is 1.07. The molecule has 2 heterocycles. The largest absolute Gasteiger partial charge is 0.356 e. The van der Waals surface area contributed by atoms with Crippen LogP contribution >= 0.6 is 0 Å². The van der Waals surface area contributed by atoms with Crippen molar-refractivity contribution in [2.45, 2.75) is 38.1 Å². The number of nitrogens with zero attached hydrogens (tertiary/aromatic N) is 2. The number of fused-ring (bicyclic) bond motifs is 1. The number of aromatic nitrogens is 1. The van der Waals surface area contributed by atoms with Crippen LogP contribution in [0.3, 0.4) is 0 Å². The maximum absolute atomic E-state index is 13.4. The minimum atomic E-state index is -0.379. The van der Waals surface area contributed by atoms with Crippen molar-refractivity contribution < 1.29 is 14.4 Å². The summed E-state index contributed by atoms with van der Waals surface area (Å²) in [5, 5.41) is 6.61. The molecule has 2 aromatic carbocycles. The van der Waals surface area contributed by atoms with Crippen molar-refractivity contribution in [2.75, 3.05) is 19.6 Å². The molecule has 0 spiro atoms. The lowest BCUT2D eigenvalue weighted by Gasteiger charge is -2.32. The first kappa shape index (κ1) is 23.4. The van der Waals surface area contributed by atoms with Gasteiger partial charge in [0.05, 0.1) is 24.5 Å². The third kappa shape index (κ3) is 5.98. The Bertz CT molecular complexity index is 1150. The van der Waals surface area contributed by atoms with Gasteiger partial charge in [0, 0.05) is 30.2 Å². The van der Waals surface area contributed by atoms with Crippen molar-refractivity contribution in [3.63, 3.8) is 0 Å². The van der Waals surface area contributed by atoms with Gasteiger partial charge in [0.25, 0.3) is 5.91 Å². The molecule has 1 aliphatic rings. The Kier molecular flexibility index (Phi) is 7.86. The topological polar surface area (TPSA) is 91.4 Å². The lowest BCUT2D eigenvalue weighted by atomic mass is 10.0. The van der Waals surface area contributed by atoms with Gasteiger partial charge in [0.2, 0.25) is 11.8 Å². The van der Waals surface area contributed by atoms with Crippen LogP contribution in [0.25, 0.3) is 10.9 Å². The number of carbonyl (C=O) groups excluding carboxylic acids is 3. The molecule has 0 aliphatic carbocycles.